The highest BCUT2D eigenvalue weighted by molar-refractivity contribution is 6.51. The number of Topliss-reactive ketones (excluding diaryl/α,β-unsaturated/α-hetero) is 1. The molecule has 7 heteroatoms. The summed E-state index contributed by atoms with van der Waals surface area (Å²) in [7, 11) is 0. The van der Waals surface area contributed by atoms with E-state index in [0.717, 1.165) is 5.56 Å². The Morgan fingerprint density at radius 3 is 2.22 bits per heavy atom. The van der Waals surface area contributed by atoms with E-state index >= 15 is 0 Å². The zero-order chi connectivity index (χ0) is 26.2. The number of aliphatic hydroxyl groups is 1. The van der Waals surface area contributed by atoms with Gasteiger partial charge in [0.15, 0.2) is 0 Å². The second kappa shape index (κ2) is 9.70. The van der Waals surface area contributed by atoms with Gasteiger partial charge in [0.2, 0.25) is 0 Å². The second-order valence-corrected chi connectivity index (χ2v) is 10.1. The molecule has 1 aliphatic heterocycles. The maximum atomic E-state index is 13.4. The summed E-state index contributed by atoms with van der Waals surface area (Å²) in [5.74, 6) is -1.11. The van der Waals surface area contributed by atoms with Gasteiger partial charge < -0.3 is 14.9 Å². The van der Waals surface area contributed by atoms with Crippen molar-refractivity contribution in [3.05, 3.63) is 94.0 Å². The van der Waals surface area contributed by atoms with Crippen molar-refractivity contribution in [1.29, 1.82) is 0 Å². The SMILES string of the molecule is CCOc1ccc(/C(O)=C2/C(=O)C(=O)N(c3ccc(Cl)cc3)C2c2ccc(O)cc2)cc1C(C)(C)C. The van der Waals surface area contributed by atoms with E-state index in [1.165, 1.54) is 17.0 Å². The van der Waals surface area contributed by atoms with E-state index in [1.54, 1.807) is 54.6 Å². The van der Waals surface area contributed by atoms with Crippen LogP contribution in [0.1, 0.15) is 50.4 Å². The molecular formula is C29H28ClNO5. The van der Waals surface area contributed by atoms with Gasteiger partial charge in [-0.2, -0.15) is 0 Å². The number of carbonyl (C=O) groups is 2. The van der Waals surface area contributed by atoms with Gasteiger partial charge in [0, 0.05) is 21.8 Å². The van der Waals surface area contributed by atoms with Crippen LogP contribution >= 0.6 is 11.6 Å². The van der Waals surface area contributed by atoms with Crippen LogP contribution in [0.3, 0.4) is 0 Å². The fraction of sp³-hybridized carbons (Fsp3) is 0.241. The van der Waals surface area contributed by atoms with E-state index in [-0.39, 0.29) is 22.5 Å². The standard InChI is InChI=1S/C29H28ClNO5/c1-5-36-23-15-8-18(16-22(23)29(2,3)4)26(33)24-25(17-6-13-21(32)14-7-17)31(28(35)27(24)34)20-11-9-19(30)10-12-20/h6-16,25,32-33H,5H2,1-4H3/b26-24-. The summed E-state index contributed by atoms with van der Waals surface area (Å²) >= 11 is 6.04. The molecule has 186 valence electrons. The topological polar surface area (TPSA) is 87.1 Å². The summed E-state index contributed by atoms with van der Waals surface area (Å²) in [6.45, 7) is 8.48. The fourth-order valence-corrected chi connectivity index (χ4v) is 4.50. The minimum atomic E-state index is -0.906. The van der Waals surface area contributed by atoms with Gasteiger partial charge in [0.1, 0.15) is 17.3 Å². The van der Waals surface area contributed by atoms with Crippen LogP contribution in [-0.4, -0.2) is 28.5 Å². The molecule has 0 aromatic heterocycles. The lowest BCUT2D eigenvalue weighted by Gasteiger charge is -2.26. The monoisotopic (exact) mass is 505 g/mol. The number of ketones is 1. The van der Waals surface area contributed by atoms with Gasteiger partial charge in [-0.05, 0) is 72.5 Å². The van der Waals surface area contributed by atoms with Gasteiger partial charge in [-0.15, -0.1) is 0 Å². The number of rotatable bonds is 5. The Balaban J connectivity index is 1.94. The molecule has 6 nitrogen and oxygen atoms in total. The molecule has 1 aliphatic rings. The third kappa shape index (κ3) is 4.69. The largest absolute Gasteiger partial charge is 0.508 e. The highest BCUT2D eigenvalue weighted by atomic mass is 35.5. The number of halogens is 1. The molecule has 1 saturated heterocycles. The normalized spacial score (nSPS) is 17.5. The predicted octanol–water partition coefficient (Wildman–Crippen LogP) is 6.37. The Bertz CT molecular complexity index is 1340. The zero-order valence-corrected chi connectivity index (χ0v) is 21.3. The Labute approximate surface area is 215 Å². The molecule has 0 aliphatic carbocycles. The Morgan fingerprint density at radius 1 is 1.00 bits per heavy atom. The summed E-state index contributed by atoms with van der Waals surface area (Å²) < 4.78 is 5.79. The van der Waals surface area contributed by atoms with Gasteiger partial charge in [-0.25, -0.2) is 0 Å². The number of benzene rings is 3. The van der Waals surface area contributed by atoms with E-state index in [2.05, 4.69) is 0 Å². The van der Waals surface area contributed by atoms with Gasteiger partial charge in [-0.1, -0.05) is 44.5 Å². The highest BCUT2D eigenvalue weighted by Crippen LogP contribution is 2.43. The molecule has 1 atom stereocenters. The van der Waals surface area contributed by atoms with Gasteiger partial charge in [0.25, 0.3) is 11.7 Å². The Kier molecular flexibility index (Phi) is 6.83. The van der Waals surface area contributed by atoms with Crippen molar-refractivity contribution >= 4 is 34.7 Å². The summed E-state index contributed by atoms with van der Waals surface area (Å²) in [6, 6.07) is 17.1. The van der Waals surface area contributed by atoms with Crippen molar-refractivity contribution in [2.45, 2.75) is 39.2 Å². The van der Waals surface area contributed by atoms with Crippen molar-refractivity contribution < 1.29 is 24.5 Å². The van der Waals surface area contributed by atoms with Crippen LogP contribution in [0.5, 0.6) is 11.5 Å². The molecule has 36 heavy (non-hydrogen) atoms. The maximum absolute atomic E-state index is 13.4. The number of phenolic OH excluding ortho intramolecular Hbond substituents is 1. The molecule has 1 unspecified atom stereocenters. The summed E-state index contributed by atoms with van der Waals surface area (Å²) in [4.78, 5) is 28.0. The van der Waals surface area contributed by atoms with Crippen molar-refractivity contribution in [1.82, 2.24) is 0 Å². The number of nitrogens with zero attached hydrogens (tertiary/aromatic N) is 1. The number of carbonyl (C=O) groups excluding carboxylic acids is 2. The van der Waals surface area contributed by atoms with Gasteiger partial charge >= 0.3 is 0 Å². The van der Waals surface area contributed by atoms with Crippen LogP contribution in [0.25, 0.3) is 5.76 Å². The smallest absolute Gasteiger partial charge is 0.300 e. The van der Waals surface area contributed by atoms with Crippen LogP contribution in [0.2, 0.25) is 5.02 Å². The van der Waals surface area contributed by atoms with Crippen molar-refractivity contribution in [2.75, 3.05) is 11.5 Å². The average Bonchev–Trinajstić information content (AvgIpc) is 3.10. The number of amides is 1. The molecule has 1 fully saturated rings. The number of ether oxygens (including phenoxy) is 1. The number of hydrogen-bond donors (Lipinski definition) is 2. The molecule has 0 radical (unpaired) electrons. The first kappa shape index (κ1) is 25.3. The number of aliphatic hydroxyl groups excluding tert-OH is 1. The number of aromatic hydroxyl groups is 1. The fourth-order valence-electron chi connectivity index (χ4n) is 4.37. The third-order valence-corrected chi connectivity index (χ3v) is 6.37. The molecule has 0 saturated carbocycles. The van der Waals surface area contributed by atoms with Crippen molar-refractivity contribution in [3.63, 3.8) is 0 Å². The van der Waals surface area contributed by atoms with E-state index in [1.807, 2.05) is 27.7 Å². The molecular weight excluding hydrogens is 478 g/mol. The minimum absolute atomic E-state index is 0.0374. The molecule has 0 spiro atoms. The highest BCUT2D eigenvalue weighted by Gasteiger charge is 2.47. The van der Waals surface area contributed by atoms with Crippen LogP contribution in [0, 0.1) is 0 Å². The lowest BCUT2D eigenvalue weighted by Crippen LogP contribution is -2.29. The Hall–Kier alpha value is -3.77. The van der Waals surface area contributed by atoms with E-state index in [0.29, 0.717) is 34.2 Å². The first-order chi connectivity index (χ1) is 17.0. The first-order valence-electron chi connectivity index (χ1n) is 11.7. The van der Waals surface area contributed by atoms with Crippen LogP contribution in [0.4, 0.5) is 5.69 Å². The van der Waals surface area contributed by atoms with E-state index < -0.39 is 17.7 Å². The van der Waals surface area contributed by atoms with Crippen molar-refractivity contribution in [2.24, 2.45) is 0 Å². The minimum Gasteiger partial charge on any atom is -0.508 e. The van der Waals surface area contributed by atoms with Gasteiger partial charge in [-0.3, -0.25) is 14.5 Å². The number of anilines is 1. The predicted molar refractivity (Wildman–Crippen MR) is 141 cm³/mol. The van der Waals surface area contributed by atoms with Crippen LogP contribution < -0.4 is 9.64 Å². The van der Waals surface area contributed by atoms with E-state index in [4.69, 9.17) is 16.3 Å². The molecule has 3 aromatic carbocycles. The van der Waals surface area contributed by atoms with Crippen LogP contribution in [-0.2, 0) is 15.0 Å². The maximum Gasteiger partial charge on any atom is 0.300 e. The molecule has 1 amide bonds. The Morgan fingerprint density at radius 2 is 1.64 bits per heavy atom. The first-order valence-corrected chi connectivity index (χ1v) is 12.0. The lowest BCUT2D eigenvalue weighted by atomic mass is 9.84. The van der Waals surface area contributed by atoms with Crippen molar-refractivity contribution in [3.8, 4) is 11.5 Å². The molecule has 3 aromatic rings. The van der Waals surface area contributed by atoms with Crippen LogP contribution in [0.15, 0.2) is 72.3 Å². The summed E-state index contributed by atoms with van der Waals surface area (Å²) in [6.07, 6.45) is 0. The molecule has 0 bridgehead atoms. The summed E-state index contributed by atoms with van der Waals surface area (Å²) in [5, 5.41) is 21.8. The second-order valence-electron chi connectivity index (χ2n) is 9.63. The zero-order valence-electron chi connectivity index (χ0n) is 20.6. The summed E-state index contributed by atoms with van der Waals surface area (Å²) in [5.41, 5.74) is 1.95. The molecule has 2 N–H and O–H groups in total. The number of hydrogen-bond acceptors (Lipinski definition) is 5. The average molecular weight is 506 g/mol. The molecule has 1 heterocycles. The third-order valence-electron chi connectivity index (χ3n) is 6.12. The molecule has 4 rings (SSSR count). The quantitative estimate of drug-likeness (QED) is 0.239. The lowest BCUT2D eigenvalue weighted by molar-refractivity contribution is -0.132. The van der Waals surface area contributed by atoms with E-state index in [9.17, 15) is 19.8 Å². The van der Waals surface area contributed by atoms with Gasteiger partial charge in [0.05, 0.1) is 18.2 Å². The number of phenols is 1.